The van der Waals surface area contributed by atoms with E-state index < -0.39 is 0 Å². The summed E-state index contributed by atoms with van der Waals surface area (Å²) in [6, 6.07) is 10.5. The van der Waals surface area contributed by atoms with Crippen molar-refractivity contribution in [1.82, 2.24) is 0 Å². The maximum Gasteiger partial charge on any atom is 0.140 e. The Bertz CT molecular complexity index is 589. The quantitative estimate of drug-likeness (QED) is 0.581. The van der Waals surface area contributed by atoms with Crippen molar-refractivity contribution in [1.29, 1.82) is 5.41 Å². The van der Waals surface area contributed by atoms with E-state index in [-0.39, 0.29) is 6.04 Å². The van der Waals surface area contributed by atoms with E-state index in [9.17, 15) is 0 Å². The number of thiophene rings is 1. The van der Waals surface area contributed by atoms with Gasteiger partial charge in [0.2, 0.25) is 0 Å². The van der Waals surface area contributed by atoms with Gasteiger partial charge in [-0.15, -0.1) is 11.3 Å². The molecule has 4 heteroatoms. The van der Waals surface area contributed by atoms with Gasteiger partial charge in [-0.25, -0.2) is 0 Å². The monoisotopic (exact) mass is 271 g/mol. The van der Waals surface area contributed by atoms with Crippen LogP contribution in [-0.2, 0) is 12.8 Å². The Morgan fingerprint density at radius 3 is 3.00 bits per heavy atom. The number of hydrogen-bond acceptors (Lipinski definition) is 3. The fourth-order valence-electron chi connectivity index (χ4n) is 2.49. The van der Waals surface area contributed by atoms with Gasteiger partial charge < -0.3 is 11.1 Å². The van der Waals surface area contributed by atoms with E-state index in [0.717, 1.165) is 29.8 Å². The molecule has 0 aliphatic heterocycles. The van der Waals surface area contributed by atoms with Crippen LogP contribution in [0, 0.1) is 5.41 Å². The van der Waals surface area contributed by atoms with Gasteiger partial charge >= 0.3 is 0 Å². The number of rotatable bonds is 2. The lowest BCUT2D eigenvalue weighted by molar-refractivity contribution is 0.577. The van der Waals surface area contributed by atoms with Gasteiger partial charge in [0.1, 0.15) is 5.84 Å². The normalized spacial score (nSPS) is 17.8. The van der Waals surface area contributed by atoms with E-state index in [2.05, 4.69) is 23.5 Å². The van der Waals surface area contributed by atoms with Crippen LogP contribution in [0.15, 0.2) is 35.7 Å². The number of nitrogens with one attached hydrogen (secondary N) is 2. The second kappa shape index (κ2) is 5.15. The summed E-state index contributed by atoms with van der Waals surface area (Å²) in [5.74, 6) is 0.454. The predicted molar refractivity (Wildman–Crippen MR) is 81.2 cm³/mol. The van der Waals surface area contributed by atoms with Crippen molar-refractivity contribution in [2.75, 3.05) is 5.32 Å². The largest absolute Gasteiger partial charge is 0.340 e. The van der Waals surface area contributed by atoms with Crippen molar-refractivity contribution < 1.29 is 0 Å². The Morgan fingerprint density at radius 1 is 1.32 bits per heavy atom. The average molecular weight is 271 g/mol. The van der Waals surface area contributed by atoms with Crippen molar-refractivity contribution in [3.8, 4) is 0 Å². The Kier molecular flexibility index (Phi) is 3.36. The lowest BCUT2D eigenvalue weighted by Crippen LogP contribution is -2.27. The summed E-state index contributed by atoms with van der Waals surface area (Å²) in [6.45, 7) is 0. The highest BCUT2D eigenvalue weighted by molar-refractivity contribution is 7.12. The van der Waals surface area contributed by atoms with Gasteiger partial charge in [0.25, 0.3) is 0 Å². The van der Waals surface area contributed by atoms with Crippen molar-refractivity contribution in [2.24, 2.45) is 5.73 Å². The summed E-state index contributed by atoms with van der Waals surface area (Å²) >= 11 is 1.57. The first-order valence-corrected chi connectivity index (χ1v) is 7.37. The number of amidine groups is 1. The van der Waals surface area contributed by atoms with Crippen LogP contribution in [0.3, 0.4) is 0 Å². The Labute approximate surface area is 117 Å². The number of benzene rings is 1. The van der Waals surface area contributed by atoms with Crippen LogP contribution >= 0.6 is 11.3 Å². The molecule has 1 aromatic carbocycles. The number of nitrogens with two attached hydrogens (primary N) is 1. The maximum atomic E-state index is 8.04. The van der Waals surface area contributed by atoms with Gasteiger partial charge in [-0.1, -0.05) is 12.1 Å². The van der Waals surface area contributed by atoms with Crippen LogP contribution in [0.4, 0.5) is 5.69 Å². The number of aryl methyl sites for hydroxylation is 1. The van der Waals surface area contributed by atoms with Crippen LogP contribution in [0.2, 0.25) is 0 Å². The molecule has 2 aromatic rings. The van der Waals surface area contributed by atoms with Gasteiger partial charge in [-0.3, -0.25) is 5.41 Å². The molecule has 1 heterocycles. The second-order valence-electron chi connectivity index (χ2n) is 4.96. The lowest BCUT2D eigenvalue weighted by atomic mass is 9.88. The van der Waals surface area contributed by atoms with Crippen LogP contribution in [0.25, 0.3) is 0 Å². The molecule has 3 rings (SSSR count). The summed E-state index contributed by atoms with van der Waals surface area (Å²) in [6.07, 6.45) is 3.08. The van der Waals surface area contributed by atoms with E-state index >= 15 is 0 Å². The van der Waals surface area contributed by atoms with Crippen molar-refractivity contribution in [3.63, 3.8) is 0 Å². The fraction of sp³-hybridized carbons (Fsp3) is 0.267. The molecule has 1 unspecified atom stereocenters. The van der Waals surface area contributed by atoms with Gasteiger partial charge in [0, 0.05) is 11.7 Å². The molecule has 1 atom stereocenters. The molecule has 0 spiro atoms. The minimum atomic E-state index is 0.277. The standard InChI is InChI=1S/C15H17N3S/c16-12-5-3-10-4-6-13(9-11(10)8-12)18-15(17)14-2-1-7-19-14/h1-2,4,6-7,9,12H,3,5,8,16H2,(H2,17,18). The zero-order valence-electron chi connectivity index (χ0n) is 10.6. The molecule has 0 amide bonds. The molecule has 0 saturated carbocycles. The van der Waals surface area contributed by atoms with Crippen molar-refractivity contribution in [3.05, 3.63) is 51.7 Å². The lowest BCUT2D eigenvalue weighted by Gasteiger charge is -2.22. The summed E-state index contributed by atoms with van der Waals surface area (Å²) in [7, 11) is 0. The van der Waals surface area contributed by atoms with E-state index in [0.29, 0.717) is 5.84 Å². The molecule has 19 heavy (non-hydrogen) atoms. The summed E-state index contributed by atoms with van der Waals surface area (Å²) < 4.78 is 0. The first-order chi connectivity index (χ1) is 9.22. The second-order valence-corrected chi connectivity index (χ2v) is 5.91. The van der Waals surface area contributed by atoms with Crippen LogP contribution < -0.4 is 11.1 Å². The number of hydrogen-bond donors (Lipinski definition) is 3. The Hall–Kier alpha value is -1.65. The van der Waals surface area contributed by atoms with E-state index in [1.54, 1.807) is 11.3 Å². The van der Waals surface area contributed by atoms with Gasteiger partial charge in [0.05, 0.1) is 4.88 Å². The predicted octanol–water partition coefficient (Wildman–Crippen LogP) is 3.00. The summed E-state index contributed by atoms with van der Waals surface area (Å²) in [4.78, 5) is 0.953. The topological polar surface area (TPSA) is 61.9 Å². The van der Waals surface area contributed by atoms with Gasteiger partial charge in [0.15, 0.2) is 0 Å². The molecule has 0 radical (unpaired) electrons. The Morgan fingerprint density at radius 2 is 2.21 bits per heavy atom. The molecule has 98 valence electrons. The van der Waals surface area contributed by atoms with Gasteiger partial charge in [-0.2, -0.15) is 0 Å². The van der Waals surface area contributed by atoms with E-state index in [1.807, 2.05) is 17.5 Å². The molecule has 0 saturated heterocycles. The highest BCUT2D eigenvalue weighted by atomic mass is 32.1. The molecular formula is C15H17N3S. The first-order valence-electron chi connectivity index (χ1n) is 6.49. The third-order valence-electron chi connectivity index (χ3n) is 3.51. The molecule has 0 fully saturated rings. The summed E-state index contributed by atoms with van der Waals surface area (Å²) in [5.41, 5.74) is 9.72. The molecule has 1 aliphatic carbocycles. The minimum Gasteiger partial charge on any atom is -0.340 e. The Balaban J connectivity index is 1.79. The highest BCUT2D eigenvalue weighted by Gasteiger charge is 2.15. The number of fused-ring (bicyclic) bond motifs is 1. The average Bonchev–Trinajstić information content (AvgIpc) is 2.92. The molecule has 4 N–H and O–H groups in total. The van der Waals surface area contributed by atoms with Gasteiger partial charge in [-0.05, 0) is 54.0 Å². The fourth-order valence-corrected chi connectivity index (χ4v) is 3.12. The van der Waals surface area contributed by atoms with E-state index in [4.69, 9.17) is 11.1 Å². The van der Waals surface area contributed by atoms with Crippen LogP contribution in [0.5, 0.6) is 0 Å². The smallest absolute Gasteiger partial charge is 0.140 e. The highest BCUT2D eigenvalue weighted by Crippen LogP contribution is 2.24. The summed E-state index contributed by atoms with van der Waals surface area (Å²) in [5, 5.41) is 13.2. The maximum absolute atomic E-state index is 8.04. The van der Waals surface area contributed by atoms with Crippen molar-refractivity contribution in [2.45, 2.75) is 25.3 Å². The third-order valence-corrected chi connectivity index (χ3v) is 4.40. The molecule has 0 bridgehead atoms. The SMILES string of the molecule is N=C(Nc1ccc2c(c1)CC(N)CC2)c1cccs1. The van der Waals surface area contributed by atoms with Crippen molar-refractivity contribution >= 4 is 22.9 Å². The minimum absolute atomic E-state index is 0.277. The number of anilines is 1. The van der Waals surface area contributed by atoms with Crippen LogP contribution in [-0.4, -0.2) is 11.9 Å². The zero-order chi connectivity index (χ0) is 13.2. The van der Waals surface area contributed by atoms with Crippen LogP contribution in [0.1, 0.15) is 22.4 Å². The third kappa shape index (κ3) is 2.69. The molecule has 1 aliphatic rings. The van der Waals surface area contributed by atoms with E-state index in [1.165, 1.54) is 11.1 Å². The molecule has 3 nitrogen and oxygen atoms in total. The zero-order valence-corrected chi connectivity index (χ0v) is 11.5. The first kappa shape index (κ1) is 12.4. The molecular weight excluding hydrogens is 254 g/mol. The molecule has 1 aromatic heterocycles.